The van der Waals surface area contributed by atoms with Crippen LogP contribution >= 0.6 is 0 Å². The molecule has 1 heterocycles. The SMILES string of the molecule is C=C[C@@H]1C[C@]1(NC(=O)[C@@H]1C[C@@H](OC(=O)c2ccc(N=O)cc2)CN1C(=O)OC(C)(C)C)C(=O)OC. The van der Waals surface area contributed by atoms with Crippen molar-refractivity contribution in [2.75, 3.05) is 13.7 Å². The number of rotatable bonds is 7. The third-order valence-corrected chi connectivity index (χ3v) is 5.87. The maximum atomic E-state index is 13.3. The van der Waals surface area contributed by atoms with Crippen LogP contribution in [0.25, 0.3) is 0 Å². The van der Waals surface area contributed by atoms with Crippen molar-refractivity contribution in [1.82, 2.24) is 10.2 Å². The topological polar surface area (TPSA) is 141 Å². The van der Waals surface area contributed by atoms with Crippen molar-refractivity contribution in [2.45, 2.75) is 56.9 Å². The molecule has 3 rings (SSSR count). The minimum atomic E-state index is -1.24. The van der Waals surface area contributed by atoms with E-state index in [1.807, 2.05) is 0 Å². The lowest BCUT2D eigenvalue weighted by Gasteiger charge is -2.28. The zero-order valence-electron chi connectivity index (χ0n) is 20.1. The molecule has 11 heteroatoms. The summed E-state index contributed by atoms with van der Waals surface area (Å²) < 4.78 is 15.8. The molecule has 1 aromatic carbocycles. The second kappa shape index (κ2) is 9.85. The molecule has 1 aliphatic heterocycles. The molecule has 0 aromatic heterocycles. The van der Waals surface area contributed by atoms with Gasteiger partial charge in [0.15, 0.2) is 0 Å². The second-order valence-electron chi connectivity index (χ2n) is 9.55. The summed E-state index contributed by atoms with van der Waals surface area (Å²) in [5.74, 6) is -2.18. The Balaban J connectivity index is 1.77. The first-order chi connectivity index (χ1) is 16.4. The molecule has 2 amide bonds. The first kappa shape index (κ1) is 25.9. The molecular formula is C24H29N3O8. The average Bonchev–Trinajstić information content (AvgIpc) is 3.36. The van der Waals surface area contributed by atoms with Crippen LogP contribution in [0.5, 0.6) is 0 Å². The lowest BCUT2D eigenvalue weighted by atomic mass is 10.1. The number of hydrogen-bond acceptors (Lipinski definition) is 9. The number of ether oxygens (including phenoxy) is 3. The van der Waals surface area contributed by atoms with Gasteiger partial charge in [-0.05, 0) is 56.6 Å². The van der Waals surface area contributed by atoms with Gasteiger partial charge in [-0.15, -0.1) is 11.5 Å². The molecule has 0 radical (unpaired) electrons. The number of carbonyl (C=O) groups is 4. The number of benzene rings is 1. The van der Waals surface area contributed by atoms with Crippen molar-refractivity contribution in [3.8, 4) is 0 Å². The monoisotopic (exact) mass is 487 g/mol. The molecule has 4 atom stereocenters. The van der Waals surface area contributed by atoms with Gasteiger partial charge in [0.1, 0.15) is 29.0 Å². The Morgan fingerprint density at radius 3 is 2.37 bits per heavy atom. The molecular weight excluding hydrogens is 458 g/mol. The first-order valence-corrected chi connectivity index (χ1v) is 11.1. The summed E-state index contributed by atoms with van der Waals surface area (Å²) in [5.41, 5.74) is -1.71. The van der Waals surface area contributed by atoms with Crippen LogP contribution in [0.3, 0.4) is 0 Å². The quantitative estimate of drug-likeness (QED) is 0.268. The van der Waals surface area contributed by atoms with E-state index in [9.17, 15) is 24.1 Å². The maximum absolute atomic E-state index is 13.3. The minimum Gasteiger partial charge on any atom is -0.467 e. The highest BCUT2D eigenvalue weighted by atomic mass is 16.6. The van der Waals surface area contributed by atoms with Crippen LogP contribution in [0.2, 0.25) is 0 Å². The molecule has 35 heavy (non-hydrogen) atoms. The van der Waals surface area contributed by atoms with Gasteiger partial charge in [0.25, 0.3) is 0 Å². The van der Waals surface area contributed by atoms with E-state index in [1.54, 1.807) is 26.8 Å². The van der Waals surface area contributed by atoms with Gasteiger partial charge in [-0.3, -0.25) is 9.69 Å². The third kappa shape index (κ3) is 5.67. The van der Waals surface area contributed by atoms with E-state index in [4.69, 9.17) is 14.2 Å². The van der Waals surface area contributed by atoms with E-state index >= 15 is 0 Å². The molecule has 11 nitrogen and oxygen atoms in total. The number of esters is 2. The number of carbonyl (C=O) groups excluding carboxylic acids is 4. The van der Waals surface area contributed by atoms with E-state index in [2.05, 4.69) is 17.1 Å². The summed E-state index contributed by atoms with van der Waals surface area (Å²) >= 11 is 0. The normalized spacial score (nSPS) is 25.3. The smallest absolute Gasteiger partial charge is 0.411 e. The highest BCUT2D eigenvalue weighted by Gasteiger charge is 2.62. The van der Waals surface area contributed by atoms with E-state index < -0.39 is 47.2 Å². The van der Waals surface area contributed by atoms with Gasteiger partial charge >= 0.3 is 18.0 Å². The van der Waals surface area contributed by atoms with Crippen molar-refractivity contribution < 1.29 is 33.4 Å². The lowest BCUT2D eigenvalue weighted by molar-refractivity contribution is -0.147. The summed E-state index contributed by atoms with van der Waals surface area (Å²) in [6.45, 7) is 8.68. The van der Waals surface area contributed by atoms with Crippen molar-refractivity contribution in [3.05, 3.63) is 47.4 Å². The number of methoxy groups -OCH3 is 1. The average molecular weight is 488 g/mol. The highest BCUT2D eigenvalue weighted by molar-refractivity contribution is 5.95. The fourth-order valence-electron chi connectivity index (χ4n) is 4.02. The molecule has 1 saturated carbocycles. The predicted octanol–water partition coefficient (Wildman–Crippen LogP) is 2.85. The van der Waals surface area contributed by atoms with Crippen LogP contribution in [-0.2, 0) is 23.8 Å². The number of nitroso groups, excluding NO2 is 1. The Kier molecular flexibility index (Phi) is 7.27. The van der Waals surface area contributed by atoms with E-state index in [0.717, 1.165) is 0 Å². The number of nitrogens with zero attached hydrogens (tertiary/aromatic N) is 2. The van der Waals surface area contributed by atoms with E-state index in [0.29, 0.717) is 6.42 Å². The number of nitrogens with one attached hydrogen (secondary N) is 1. The lowest BCUT2D eigenvalue weighted by Crippen LogP contribution is -2.53. The molecule has 188 valence electrons. The van der Waals surface area contributed by atoms with Gasteiger partial charge < -0.3 is 19.5 Å². The predicted molar refractivity (Wildman–Crippen MR) is 124 cm³/mol. The molecule has 1 saturated heterocycles. The minimum absolute atomic E-state index is 0.000795. The maximum Gasteiger partial charge on any atom is 0.411 e. The van der Waals surface area contributed by atoms with Crippen LogP contribution in [0, 0.1) is 10.8 Å². The Hall–Kier alpha value is -3.76. The Bertz CT molecular complexity index is 1030. The highest BCUT2D eigenvalue weighted by Crippen LogP contribution is 2.45. The van der Waals surface area contributed by atoms with Crippen LogP contribution in [0.1, 0.15) is 44.0 Å². The van der Waals surface area contributed by atoms with E-state index in [-0.39, 0.29) is 30.1 Å². The largest absolute Gasteiger partial charge is 0.467 e. The molecule has 0 unspecified atom stereocenters. The number of hydrogen-bond donors (Lipinski definition) is 1. The summed E-state index contributed by atoms with van der Waals surface area (Å²) in [6, 6.07) is 4.49. The molecule has 0 bridgehead atoms. The zero-order valence-corrected chi connectivity index (χ0v) is 20.1. The van der Waals surface area contributed by atoms with Crippen molar-refractivity contribution >= 4 is 29.6 Å². The molecule has 2 aliphatic rings. The Morgan fingerprint density at radius 2 is 1.86 bits per heavy atom. The summed E-state index contributed by atoms with van der Waals surface area (Å²) in [7, 11) is 1.23. The number of amides is 2. The molecule has 1 aromatic rings. The summed E-state index contributed by atoms with van der Waals surface area (Å²) in [4.78, 5) is 62.8. The van der Waals surface area contributed by atoms with Crippen LogP contribution in [-0.4, -0.2) is 65.8 Å². The summed E-state index contributed by atoms with van der Waals surface area (Å²) in [5, 5.41) is 5.49. The van der Waals surface area contributed by atoms with Crippen molar-refractivity contribution in [2.24, 2.45) is 11.1 Å². The van der Waals surface area contributed by atoms with Crippen LogP contribution < -0.4 is 5.32 Å². The van der Waals surface area contributed by atoms with Gasteiger partial charge in [0.2, 0.25) is 5.91 Å². The molecule has 1 aliphatic carbocycles. The van der Waals surface area contributed by atoms with Gasteiger partial charge in [-0.25, -0.2) is 14.4 Å². The molecule has 2 fully saturated rings. The van der Waals surface area contributed by atoms with Gasteiger partial charge in [0, 0.05) is 12.3 Å². The third-order valence-electron chi connectivity index (χ3n) is 5.87. The van der Waals surface area contributed by atoms with Gasteiger partial charge in [0.05, 0.1) is 19.2 Å². The van der Waals surface area contributed by atoms with Crippen LogP contribution in [0.4, 0.5) is 10.5 Å². The molecule has 0 spiro atoms. The van der Waals surface area contributed by atoms with Crippen LogP contribution in [0.15, 0.2) is 42.1 Å². The Morgan fingerprint density at radius 1 is 1.20 bits per heavy atom. The van der Waals surface area contributed by atoms with Gasteiger partial charge in [-0.2, -0.15) is 0 Å². The van der Waals surface area contributed by atoms with Crippen molar-refractivity contribution in [1.29, 1.82) is 0 Å². The fraction of sp³-hybridized carbons (Fsp3) is 0.500. The summed E-state index contributed by atoms with van der Waals surface area (Å²) in [6.07, 6.45) is 0.339. The Labute approximate surface area is 202 Å². The fourth-order valence-corrected chi connectivity index (χ4v) is 4.02. The van der Waals surface area contributed by atoms with E-state index in [1.165, 1.54) is 36.3 Å². The standard InChI is InChI=1S/C24H29N3O8/c1-6-15-12-24(15,21(30)33-5)25-19(28)18-11-17(13-27(18)22(31)35-23(2,3)4)34-20(29)14-7-9-16(26-32)10-8-14/h6-10,15,17-18H,1,11-13H2,2-5H3,(H,25,28)/t15-,17-,18+,24-/m1/s1. The van der Waals surface area contributed by atoms with Gasteiger partial charge in [-0.1, -0.05) is 6.08 Å². The first-order valence-electron chi connectivity index (χ1n) is 11.1. The number of likely N-dealkylation sites (tertiary alicyclic amines) is 1. The second-order valence-corrected chi connectivity index (χ2v) is 9.55. The molecule has 1 N–H and O–H groups in total. The van der Waals surface area contributed by atoms with Crippen molar-refractivity contribution in [3.63, 3.8) is 0 Å². The zero-order chi connectivity index (χ0) is 26.0.